The number of rotatable bonds is 7. The highest BCUT2D eigenvalue weighted by Crippen LogP contribution is 2.29. The average molecular weight is 579 g/mol. The van der Waals surface area contributed by atoms with Crippen LogP contribution in [0.5, 0.6) is 0 Å². The molecule has 0 radical (unpaired) electrons. The molecule has 0 unspecified atom stereocenters. The highest BCUT2D eigenvalue weighted by molar-refractivity contribution is 6.05. The second-order valence-electron chi connectivity index (χ2n) is 10.8. The van der Waals surface area contributed by atoms with Crippen LogP contribution in [0, 0.1) is 6.92 Å². The first-order valence-electron chi connectivity index (χ1n) is 14.5. The highest BCUT2D eigenvalue weighted by atomic mass is 16.5. The van der Waals surface area contributed by atoms with E-state index in [0.717, 1.165) is 29.9 Å². The molecule has 220 valence electrons. The lowest BCUT2D eigenvalue weighted by Gasteiger charge is -2.33. The number of nitrogens with one attached hydrogen (secondary N) is 2. The summed E-state index contributed by atoms with van der Waals surface area (Å²) in [5.41, 5.74) is 5.49. The van der Waals surface area contributed by atoms with Gasteiger partial charge in [0.2, 0.25) is 0 Å². The maximum atomic E-state index is 13.1. The minimum atomic E-state index is -0.291. The van der Waals surface area contributed by atoms with Crippen LogP contribution in [-0.2, 0) is 11.8 Å². The molecule has 4 aromatic rings. The number of aromatic nitrogens is 2. The molecule has 2 saturated heterocycles. The molecular formula is C33H34N6O4. The van der Waals surface area contributed by atoms with Crippen molar-refractivity contribution >= 4 is 34.7 Å². The molecule has 0 atom stereocenters. The SMILES string of the molecule is Cc1c(NC(=O)c2ccc(N3CCC3)cc2)cccc1-c1cn(C)c(=O)c(Nc2ccc(C(=O)N3CCOCC3)cc2)n1. The summed E-state index contributed by atoms with van der Waals surface area (Å²) in [6.07, 6.45) is 2.88. The van der Waals surface area contributed by atoms with E-state index in [0.29, 0.717) is 54.5 Å². The van der Waals surface area contributed by atoms with E-state index in [1.54, 1.807) is 42.4 Å². The van der Waals surface area contributed by atoms with Gasteiger partial charge in [-0.2, -0.15) is 0 Å². The average Bonchev–Trinajstić information content (AvgIpc) is 3.00. The van der Waals surface area contributed by atoms with Gasteiger partial charge < -0.3 is 29.7 Å². The normalized spacial score (nSPS) is 14.7. The first kappa shape index (κ1) is 28.2. The first-order chi connectivity index (χ1) is 20.9. The molecule has 43 heavy (non-hydrogen) atoms. The molecular weight excluding hydrogens is 544 g/mol. The summed E-state index contributed by atoms with van der Waals surface area (Å²) < 4.78 is 6.81. The molecule has 0 saturated carbocycles. The van der Waals surface area contributed by atoms with Crippen molar-refractivity contribution in [2.45, 2.75) is 13.3 Å². The van der Waals surface area contributed by atoms with E-state index in [1.807, 2.05) is 49.4 Å². The second-order valence-corrected chi connectivity index (χ2v) is 10.8. The van der Waals surface area contributed by atoms with Crippen molar-refractivity contribution in [2.75, 3.05) is 54.9 Å². The zero-order valence-electron chi connectivity index (χ0n) is 24.3. The van der Waals surface area contributed by atoms with Crippen molar-refractivity contribution in [3.05, 3.63) is 100.0 Å². The molecule has 0 spiro atoms. The van der Waals surface area contributed by atoms with Crippen LogP contribution in [0.3, 0.4) is 0 Å². The van der Waals surface area contributed by atoms with Gasteiger partial charge in [0, 0.05) is 73.2 Å². The van der Waals surface area contributed by atoms with E-state index in [-0.39, 0.29) is 23.2 Å². The molecule has 10 heteroatoms. The molecule has 0 bridgehead atoms. The number of aryl methyl sites for hydroxylation is 1. The van der Waals surface area contributed by atoms with Crippen molar-refractivity contribution in [1.82, 2.24) is 14.5 Å². The van der Waals surface area contributed by atoms with E-state index in [1.165, 1.54) is 11.0 Å². The lowest BCUT2D eigenvalue weighted by Crippen LogP contribution is -2.40. The zero-order valence-corrected chi connectivity index (χ0v) is 24.3. The van der Waals surface area contributed by atoms with E-state index >= 15 is 0 Å². The van der Waals surface area contributed by atoms with Gasteiger partial charge in [-0.1, -0.05) is 12.1 Å². The number of anilines is 4. The van der Waals surface area contributed by atoms with Crippen molar-refractivity contribution in [3.63, 3.8) is 0 Å². The second kappa shape index (κ2) is 12.1. The van der Waals surface area contributed by atoms with Crippen LogP contribution in [0.25, 0.3) is 11.3 Å². The molecule has 2 fully saturated rings. The Bertz CT molecular complexity index is 1710. The predicted octanol–water partition coefficient (Wildman–Crippen LogP) is 4.43. The number of ether oxygens (including phenoxy) is 1. The fourth-order valence-electron chi connectivity index (χ4n) is 5.24. The maximum absolute atomic E-state index is 13.1. The maximum Gasteiger partial charge on any atom is 0.293 e. The van der Waals surface area contributed by atoms with Gasteiger partial charge in [0.15, 0.2) is 5.82 Å². The van der Waals surface area contributed by atoms with E-state index in [9.17, 15) is 14.4 Å². The number of benzene rings is 3. The summed E-state index contributed by atoms with van der Waals surface area (Å²) in [6, 6.07) is 20.3. The highest BCUT2D eigenvalue weighted by Gasteiger charge is 2.19. The Hall–Kier alpha value is -4.96. The standard InChI is InChI=1S/C33H34N6O4/c1-22-27(5-3-6-28(22)36-31(40)23-9-13-26(14-10-23)38-15-4-16-38)29-21-37(2)33(42)30(35-29)34-25-11-7-24(8-12-25)32(41)39-17-19-43-20-18-39/h3,5-14,21H,4,15-20H2,1-2H3,(H,34,35)(H,36,40). The number of hydrogen-bond donors (Lipinski definition) is 2. The Labute approximate surface area is 249 Å². The Balaban J connectivity index is 1.20. The molecule has 1 aromatic heterocycles. The topological polar surface area (TPSA) is 109 Å². The molecule has 2 aliphatic heterocycles. The minimum absolute atomic E-state index is 0.0444. The monoisotopic (exact) mass is 578 g/mol. The van der Waals surface area contributed by atoms with Gasteiger partial charge in [-0.3, -0.25) is 14.4 Å². The number of carbonyl (C=O) groups is 2. The molecule has 6 rings (SSSR count). The summed E-state index contributed by atoms with van der Waals surface area (Å²) in [6.45, 7) is 6.25. The van der Waals surface area contributed by atoms with Gasteiger partial charge in [0.05, 0.1) is 18.9 Å². The Kier molecular flexibility index (Phi) is 7.93. The van der Waals surface area contributed by atoms with E-state index < -0.39 is 0 Å². The lowest BCUT2D eigenvalue weighted by molar-refractivity contribution is 0.0303. The Morgan fingerprint density at radius 2 is 1.58 bits per heavy atom. The Morgan fingerprint density at radius 1 is 0.884 bits per heavy atom. The molecule has 2 aliphatic rings. The van der Waals surface area contributed by atoms with Crippen molar-refractivity contribution in [2.24, 2.45) is 7.05 Å². The molecule has 2 amide bonds. The number of morpholine rings is 1. The van der Waals surface area contributed by atoms with Gasteiger partial charge in [-0.25, -0.2) is 4.98 Å². The fraction of sp³-hybridized carbons (Fsp3) is 0.273. The quantitative estimate of drug-likeness (QED) is 0.334. The van der Waals surface area contributed by atoms with Crippen LogP contribution >= 0.6 is 0 Å². The summed E-state index contributed by atoms with van der Waals surface area (Å²) in [5, 5.41) is 6.14. The number of amides is 2. The summed E-state index contributed by atoms with van der Waals surface area (Å²) in [4.78, 5) is 47.5. The largest absolute Gasteiger partial charge is 0.378 e. The van der Waals surface area contributed by atoms with Crippen molar-refractivity contribution < 1.29 is 14.3 Å². The van der Waals surface area contributed by atoms with Crippen molar-refractivity contribution in [1.29, 1.82) is 0 Å². The van der Waals surface area contributed by atoms with Gasteiger partial charge in [0.25, 0.3) is 17.4 Å². The van der Waals surface area contributed by atoms with Crippen LogP contribution in [0.4, 0.5) is 22.9 Å². The molecule has 3 aromatic carbocycles. The lowest BCUT2D eigenvalue weighted by atomic mass is 10.0. The van der Waals surface area contributed by atoms with Gasteiger partial charge >= 0.3 is 0 Å². The predicted molar refractivity (Wildman–Crippen MR) is 167 cm³/mol. The third kappa shape index (κ3) is 6.00. The fourth-order valence-corrected chi connectivity index (χ4v) is 5.24. The molecule has 3 heterocycles. The van der Waals surface area contributed by atoms with Crippen LogP contribution in [0.2, 0.25) is 0 Å². The smallest absolute Gasteiger partial charge is 0.293 e. The number of hydrogen-bond acceptors (Lipinski definition) is 7. The van der Waals surface area contributed by atoms with Gasteiger partial charge in [-0.05, 0) is 73.5 Å². The van der Waals surface area contributed by atoms with Crippen LogP contribution in [0.15, 0.2) is 77.7 Å². The summed E-state index contributed by atoms with van der Waals surface area (Å²) >= 11 is 0. The third-order valence-corrected chi connectivity index (χ3v) is 7.97. The molecule has 0 aliphatic carbocycles. The first-order valence-corrected chi connectivity index (χ1v) is 14.5. The number of nitrogens with zero attached hydrogens (tertiary/aromatic N) is 4. The molecule has 2 N–H and O–H groups in total. The van der Waals surface area contributed by atoms with Gasteiger partial charge in [-0.15, -0.1) is 0 Å². The zero-order chi connectivity index (χ0) is 29.9. The molecule has 10 nitrogen and oxygen atoms in total. The minimum Gasteiger partial charge on any atom is -0.378 e. The summed E-state index contributed by atoms with van der Waals surface area (Å²) in [5.74, 6) is -0.0814. The summed E-state index contributed by atoms with van der Waals surface area (Å²) in [7, 11) is 1.67. The number of carbonyl (C=O) groups excluding carboxylic acids is 2. The van der Waals surface area contributed by atoms with E-state index in [2.05, 4.69) is 20.5 Å². The van der Waals surface area contributed by atoms with Crippen LogP contribution < -0.4 is 21.1 Å². The Morgan fingerprint density at radius 3 is 2.26 bits per heavy atom. The third-order valence-electron chi connectivity index (χ3n) is 7.97. The van der Waals surface area contributed by atoms with Gasteiger partial charge in [0.1, 0.15) is 0 Å². The van der Waals surface area contributed by atoms with Crippen LogP contribution in [-0.4, -0.2) is 65.7 Å². The van der Waals surface area contributed by atoms with Crippen molar-refractivity contribution in [3.8, 4) is 11.3 Å². The van der Waals surface area contributed by atoms with E-state index in [4.69, 9.17) is 4.74 Å². The van der Waals surface area contributed by atoms with Crippen LogP contribution in [0.1, 0.15) is 32.7 Å².